The highest BCUT2D eigenvalue weighted by molar-refractivity contribution is 5.94. The number of benzene rings is 1. The summed E-state index contributed by atoms with van der Waals surface area (Å²) in [6.07, 6.45) is -1.04. The Bertz CT molecular complexity index is 928. The Hall–Kier alpha value is -3.03. The van der Waals surface area contributed by atoms with Crippen LogP contribution < -0.4 is 5.32 Å². The fraction of sp³-hybridized carbons (Fsp3) is 0.222. The lowest BCUT2D eigenvalue weighted by Gasteiger charge is -2.24. The summed E-state index contributed by atoms with van der Waals surface area (Å²) in [5, 5.41) is 7.10. The van der Waals surface area contributed by atoms with Gasteiger partial charge < -0.3 is 9.73 Å². The minimum absolute atomic E-state index is 0.158. The number of carbonyl (C=O) groups excluding carboxylic acids is 1. The first-order valence-corrected chi connectivity index (χ1v) is 7.97. The number of carbonyl (C=O) groups is 1. The molecule has 134 valence electrons. The standard InChI is InChI=1S/C18H14F3N3O2/c19-18(20,21)12-5-3-11(4-6-12)14-8-16(25)23-17-15(14)9-22-24(17)10-13-2-1-7-26-13/h1-7,9,14H,8,10H2,(H,23,25)/t14-/m0/s1. The Morgan fingerprint density at radius 2 is 2.00 bits per heavy atom. The van der Waals surface area contributed by atoms with Crippen molar-refractivity contribution in [2.45, 2.75) is 25.1 Å². The van der Waals surface area contributed by atoms with Crippen molar-refractivity contribution in [2.75, 3.05) is 5.32 Å². The first-order valence-electron chi connectivity index (χ1n) is 7.97. The van der Waals surface area contributed by atoms with E-state index in [0.717, 1.165) is 17.7 Å². The summed E-state index contributed by atoms with van der Waals surface area (Å²) in [5.74, 6) is 0.680. The molecule has 1 N–H and O–H groups in total. The highest BCUT2D eigenvalue weighted by Gasteiger charge is 2.33. The van der Waals surface area contributed by atoms with Crippen LogP contribution in [0, 0.1) is 0 Å². The quantitative estimate of drug-likeness (QED) is 0.767. The number of alkyl halides is 3. The Morgan fingerprint density at radius 3 is 2.65 bits per heavy atom. The highest BCUT2D eigenvalue weighted by atomic mass is 19.4. The Kier molecular flexibility index (Phi) is 3.82. The smallest absolute Gasteiger partial charge is 0.416 e. The van der Waals surface area contributed by atoms with E-state index in [2.05, 4.69) is 10.4 Å². The zero-order chi connectivity index (χ0) is 18.3. The average molecular weight is 361 g/mol. The van der Waals surface area contributed by atoms with Gasteiger partial charge in [0.25, 0.3) is 0 Å². The first kappa shape index (κ1) is 16.4. The van der Waals surface area contributed by atoms with Crippen LogP contribution in [0.5, 0.6) is 0 Å². The van der Waals surface area contributed by atoms with E-state index in [4.69, 9.17) is 4.42 Å². The zero-order valence-electron chi connectivity index (χ0n) is 13.5. The highest BCUT2D eigenvalue weighted by Crippen LogP contribution is 2.38. The number of furan rings is 1. The molecule has 0 aliphatic carbocycles. The molecular weight excluding hydrogens is 347 g/mol. The fourth-order valence-corrected chi connectivity index (χ4v) is 3.14. The van der Waals surface area contributed by atoms with Crippen molar-refractivity contribution in [3.63, 3.8) is 0 Å². The monoisotopic (exact) mass is 361 g/mol. The summed E-state index contributed by atoms with van der Waals surface area (Å²) in [4.78, 5) is 12.1. The Labute approximate surface area is 146 Å². The molecule has 0 spiro atoms. The number of amides is 1. The van der Waals surface area contributed by atoms with Crippen molar-refractivity contribution >= 4 is 11.7 Å². The second-order valence-corrected chi connectivity index (χ2v) is 6.11. The number of anilines is 1. The number of hydrogen-bond donors (Lipinski definition) is 1. The van der Waals surface area contributed by atoms with Gasteiger partial charge in [0, 0.05) is 17.9 Å². The predicted molar refractivity (Wildman–Crippen MR) is 86.6 cm³/mol. The van der Waals surface area contributed by atoms with Crippen LogP contribution in [0.2, 0.25) is 0 Å². The number of aromatic nitrogens is 2. The second kappa shape index (κ2) is 6.05. The third-order valence-corrected chi connectivity index (χ3v) is 4.42. The van der Waals surface area contributed by atoms with Gasteiger partial charge in [-0.3, -0.25) is 4.79 Å². The summed E-state index contributed by atoms with van der Waals surface area (Å²) in [6.45, 7) is 0.350. The molecule has 1 aliphatic rings. The van der Waals surface area contributed by atoms with E-state index in [1.54, 1.807) is 29.3 Å². The van der Waals surface area contributed by atoms with E-state index in [0.29, 0.717) is 23.7 Å². The van der Waals surface area contributed by atoms with Gasteiger partial charge >= 0.3 is 6.18 Å². The minimum atomic E-state index is -4.39. The molecule has 0 saturated heterocycles. The lowest BCUT2D eigenvalue weighted by molar-refractivity contribution is -0.137. The number of halogens is 3. The van der Waals surface area contributed by atoms with E-state index in [1.807, 2.05) is 0 Å². The van der Waals surface area contributed by atoms with Gasteiger partial charge in [0.2, 0.25) is 5.91 Å². The van der Waals surface area contributed by atoms with E-state index >= 15 is 0 Å². The van der Waals surface area contributed by atoms with Crippen molar-refractivity contribution < 1.29 is 22.4 Å². The van der Waals surface area contributed by atoms with Crippen LogP contribution in [-0.4, -0.2) is 15.7 Å². The molecule has 3 aromatic rings. The fourth-order valence-electron chi connectivity index (χ4n) is 3.14. The van der Waals surface area contributed by atoms with Crippen LogP contribution in [-0.2, 0) is 17.5 Å². The number of fused-ring (bicyclic) bond motifs is 1. The minimum Gasteiger partial charge on any atom is -0.467 e. The van der Waals surface area contributed by atoms with Crippen molar-refractivity contribution in [3.8, 4) is 0 Å². The first-order chi connectivity index (χ1) is 12.4. The Balaban J connectivity index is 1.67. The largest absolute Gasteiger partial charge is 0.467 e. The van der Waals surface area contributed by atoms with Crippen molar-refractivity contribution in [1.29, 1.82) is 0 Å². The molecule has 26 heavy (non-hydrogen) atoms. The molecule has 0 radical (unpaired) electrons. The average Bonchev–Trinajstić information content (AvgIpc) is 3.24. The molecule has 4 rings (SSSR count). The van der Waals surface area contributed by atoms with E-state index in [-0.39, 0.29) is 18.2 Å². The summed E-state index contributed by atoms with van der Waals surface area (Å²) in [6, 6.07) is 8.46. The topological polar surface area (TPSA) is 60.1 Å². The van der Waals surface area contributed by atoms with Crippen molar-refractivity contribution in [1.82, 2.24) is 9.78 Å². The van der Waals surface area contributed by atoms with Gasteiger partial charge in [-0.25, -0.2) is 4.68 Å². The van der Waals surface area contributed by atoms with Crippen LogP contribution in [0.25, 0.3) is 0 Å². The van der Waals surface area contributed by atoms with Gasteiger partial charge in [0.15, 0.2) is 0 Å². The normalized spacial score (nSPS) is 17.0. The molecule has 2 aromatic heterocycles. The molecule has 0 bridgehead atoms. The van der Waals surface area contributed by atoms with Crippen LogP contribution in [0.4, 0.5) is 19.0 Å². The second-order valence-electron chi connectivity index (χ2n) is 6.11. The van der Waals surface area contributed by atoms with Gasteiger partial charge in [-0.15, -0.1) is 0 Å². The van der Waals surface area contributed by atoms with Crippen LogP contribution in [0.3, 0.4) is 0 Å². The summed E-state index contributed by atoms with van der Waals surface area (Å²) in [7, 11) is 0. The molecule has 1 aliphatic heterocycles. The van der Waals surface area contributed by atoms with E-state index in [9.17, 15) is 18.0 Å². The summed E-state index contributed by atoms with van der Waals surface area (Å²) >= 11 is 0. The molecule has 0 saturated carbocycles. The molecule has 8 heteroatoms. The lowest BCUT2D eigenvalue weighted by Crippen LogP contribution is -2.25. The zero-order valence-corrected chi connectivity index (χ0v) is 13.5. The molecular formula is C18H14F3N3O2. The van der Waals surface area contributed by atoms with Gasteiger partial charge in [-0.05, 0) is 29.8 Å². The van der Waals surface area contributed by atoms with Crippen LogP contribution in [0.1, 0.15) is 34.8 Å². The van der Waals surface area contributed by atoms with E-state index < -0.39 is 11.7 Å². The molecule has 0 unspecified atom stereocenters. The van der Waals surface area contributed by atoms with Gasteiger partial charge in [-0.1, -0.05) is 12.1 Å². The molecule has 1 aromatic carbocycles. The van der Waals surface area contributed by atoms with Gasteiger partial charge in [0.05, 0.1) is 18.0 Å². The SMILES string of the molecule is O=C1C[C@@H](c2ccc(C(F)(F)F)cc2)c2cnn(Cc3ccco3)c2N1. The van der Waals surface area contributed by atoms with Gasteiger partial charge in [0.1, 0.15) is 18.1 Å². The maximum atomic E-state index is 12.8. The number of rotatable bonds is 3. The van der Waals surface area contributed by atoms with Crippen LogP contribution in [0.15, 0.2) is 53.3 Å². The maximum absolute atomic E-state index is 12.8. The molecule has 3 heterocycles. The molecule has 5 nitrogen and oxygen atoms in total. The third-order valence-electron chi connectivity index (χ3n) is 4.42. The number of nitrogens with zero attached hydrogens (tertiary/aromatic N) is 2. The van der Waals surface area contributed by atoms with Crippen LogP contribution >= 0.6 is 0 Å². The van der Waals surface area contributed by atoms with Crippen molar-refractivity contribution in [3.05, 3.63) is 71.3 Å². The lowest BCUT2D eigenvalue weighted by atomic mass is 9.87. The molecule has 1 amide bonds. The summed E-state index contributed by atoms with van der Waals surface area (Å²) in [5.41, 5.74) is 0.706. The Morgan fingerprint density at radius 1 is 1.23 bits per heavy atom. The summed E-state index contributed by atoms with van der Waals surface area (Å²) < 4.78 is 45.2. The van der Waals surface area contributed by atoms with Gasteiger partial charge in [-0.2, -0.15) is 18.3 Å². The number of hydrogen-bond acceptors (Lipinski definition) is 3. The molecule has 0 fully saturated rings. The maximum Gasteiger partial charge on any atom is 0.416 e. The number of nitrogens with one attached hydrogen (secondary N) is 1. The third kappa shape index (κ3) is 2.98. The predicted octanol–water partition coefficient (Wildman–Crippen LogP) is 4.02. The molecule has 1 atom stereocenters. The van der Waals surface area contributed by atoms with Crippen molar-refractivity contribution in [2.24, 2.45) is 0 Å². The van der Waals surface area contributed by atoms with E-state index in [1.165, 1.54) is 12.1 Å².